The fourth-order valence-electron chi connectivity index (χ4n) is 1.92. The highest BCUT2D eigenvalue weighted by Gasteiger charge is 2.11. The molecule has 0 aliphatic heterocycles. The lowest BCUT2D eigenvalue weighted by atomic mass is 10.2. The number of carbonyl (C=O) groups is 2. The van der Waals surface area contributed by atoms with Crippen molar-refractivity contribution in [2.24, 2.45) is 0 Å². The first kappa shape index (κ1) is 15.3. The van der Waals surface area contributed by atoms with E-state index in [-0.39, 0.29) is 18.9 Å². The first-order valence-corrected chi connectivity index (χ1v) is 7.21. The van der Waals surface area contributed by atoms with Crippen molar-refractivity contribution in [1.82, 2.24) is 13.6 Å². The lowest BCUT2D eigenvalue weighted by Crippen LogP contribution is -2.31. The van der Waals surface area contributed by atoms with Crippen LogP contribution in [-0.2, 0) is 9.59 Å². The molecule has 2 N–H and O–H groups in total. The van der Waals surface area contributed by atoms with Crippen molar-refractivity contribution in [3.8, 4) is 0 Å². The fraction of sp³-hybridized carbons (Fsp3) is 0.385. The van der Waals surface area contributed by atoms with Crippen LogP contribution in [0.2, 0.25) is 0 Å². The SMILES string of the molecule is CN(CCCC(=O)O)CC(=O)Nc1cccc2nsnc12. The highest BCUT2D eigenvalue weighted by molar-refractivity contribution is 7.00. The summed E-state index contributed by atoms with van der Waals surface area (Å²) in [5, 5.41) is 11.4. The molecule has 0 bridgehead atoms. The summed E-state index contributed by atoms with van der Waals surface area (Å²) in [6, 6.07) is 5.44. The van der Waals surface area contributed by atoms with Gasteiger partial charge >= 0.3 is 5.97 Å². The Bertz CT molecular complexity index is 643. The minimum atomic E-state index is -0.824. The molecular formula is C13H16N4O3S. The number of rotatable bonds is 7. The lowest BCUT2D eigenvalue weighted by Gasteiger charge is -2.15. The minimum Gasteiger partial charge on any atom is -0.481 e. The molecule has 0 atom stereocenters. The number of amides is 1. The molecule has 21 heavy (non-hydrogen) atoms. The van der Waals surface area contributed by atoms with Gasteiger partial charge in [-0.1, -0.05) is 6.07 Å². The van der Waals surface area contributed by atoms with Crippen LogP contribution in [0.1, 0.15) is 12.8 Å². The van der Waals surface area contributed by atoms with Crippen molar-refractivity contribution in [2.45, 2.75) is 12.8 Å². The van der Waals surface area contributed by atoms with Crippen LogP contribution in [0.5, 0.6) is 0 Å². The van der Waals surface area contributed by atoms with Gasteiger partial charge in [0.1, 0.15) is 11.0 Å². The van der Waals surface area contributed by atoms with E-state index in [9.17, 15) is 9.59 Å². The van der Waals surface area contributed by atoms with Gasteiger partial charge in [0.15, 0.2) is 0 Å². The van der Waals surface area contributed by atoms with Gasteiger partial charge in [-0.3, -0.25) is 14.5 Å². The van der Waals surface area contributed by atoms with Crippen molar-refractivity contribution in [3.05, 3.63) is 18.2 Å². The zero-order valence-corrected chi connectivity index (χ0v) is 12.4. The second-order valence-electron chi connectivity index (χ2n) is 4.72. The number of anilines is 1. The highest BCUT2D eigenvalue weighted by Crippen LogP contribution is 2.20. The largest absolute Gasteiger partial charge is 0.481 e. The molecule has 0 unspecified atom stereocenters. The van der Waals surface area contributed by atoms with Crippen LogP contribution in [0, 0.1) is 0 Å². The Morgan fingerprint density at radius 3 is 2.95 bits per heavy atom. The maximum atomic E-state index is 12.0. The van der Waals surface area contributed by atoms with E-state index in [1.165, 1.54) is 0 Å². The summed E-state index contributed by atoms with van der Waals surface area (Å²) in [5.74, 6) is -0.983. The maximum absolute atomic E-state index is 12.0. The van der Waals surface area contributed by atoms with Crippen LogP contribution in [0.3, 0.4) is 0 Å². The van der Waals surface area contributed by atoms with E-state index in [1.807, 2.05) is 12.1 Å². The molecular weight excluding hydrogens is 292 g/mol. The van der Waals surface area contributed by atoms with Crippen LogP contribution in [0.4, 0.5) is 5.69 Å². The van der Waals surface area contributed by atoms with Gasteiger partial charge < -0.3 is 10.4 Å². The normalized spacial score (nSPS) is 11.0. The summed E-state index contributed by atoms with van der Waals surface area (Å²) in [6.07, 6.45) is 0.625. The average molecular weight is 308 g/mol. The smallest absolute Gasteiger partial charge is 0.303 e. The summed E-state index contributed by atoms with van der Waals surface area (Å²) in [7, 11) is 1.78. The molecule has 0 fully saturated rings. The molecule has 0 radical (unpaired) electrons. The third-order valence-corrected chi connectivity index (χ3v) is 3.45. The lowest BCUT2D eigenvalue weighted by molar-refractivity contribution is -0.137. The van der Waals surface area contributed by atoms with Crippen LogP contribution in [-0.4, -0.2) is 50.8 Å². The van der Waals surface area contributed by atoms with Crippen molar-refractivity contribution < 1.29 is 14.7 Å². The molecule has 112 valence electrons. The Morgan fingerprint density at radius 1 is 1.38 bits per heavy atom. The van der Waals surface area contributed by atoms with Gasteiger partial charge in [0, 0.05) is 6.42 Å². The van der Waals surface area contributed by atoms with Crippen LogP contribution in [0.25, 0.3) is 11.0 Å². The molecule has 2 rings (SSSR count). The van der Waals surface area contributed by atoms with E-state index in [0.717, 1.165) is 17.2 Å². The summed E-state index contributed by atoms with van der Waals surface area (Å²) in [6.45, 7) is 0.760. The molecule has 7 nitrogen and oxygen atoms in total. The molecule has 2 aromatic rings. The number of carboxylic acid groups (broad SMARTS) is 1. The molecule has 0 saturated heterocycles. The van der Waals surface area contributed by atoms with Crippen LogP contribution >= 0.6 is 11.7 Å². The Balaban J connectivity index is 1.87. The summed E-state index contributed by atoms with van der Waals surface area (Å²) < 4.78 is 8.27. The number of nitrogens with one attached hydrogen (secondary N) is 1. The minimum absolute atomic E-state index is 0.107. The monoisotopic (exact) mass is 308 g/mol. The highest BCUT2D eigenvalue weighted by atomic mass is 32.1. The van der Waals surface area contributed by atoms with Crippen LogP contribution in [0.15, 0.2) is 18.2 Å². The number of aliphatic carboxylic acids is 1. The molecule has 0 aliphatic carbocycles. The van der Waals surface area contributed by atoms with Crippen molar-refractivity contribution in [1.29, 1.82) is 0 Å². The van der Waals surface area contributed by atoms with E-state index in [2.05, 4.69) is 14.1 Å². The Hall–Kier alpha value is -2.06. The van der Waals surface area contributed by atoms with Crippen molar-refractivity contribution in [2.75, 3.05) is 25.5 Å². The van der Waals surface area contributed by atoms with Gasteiger partial charge in [-0.05, 0) is 32.1 Å². The second-order valence-corrected chi connectivity index (χ2v) is 5.25. The first-order chi connectivity index (χ1) is 10.1. The van der Waals surface area contributed by atoms with E-state index < -0.39 is 5.97 Å². The number of aromatic nitrogens is 2. The zero-order valence-electron chi connectivity index (χ0n) is 11.6. The van der Waals surface area contributed by atoms with Crippen molar-refractivity contribution in [3.63, 3.8) is 0 Å². The van der Waals surface area contributed by atoms with Gasteiger partial charge in [-0.15, -0.1) is 0 Å². The predicted octanol–water partition coefficient (Wildman–Crippen LogP) is 1.43. The van der Waals surface area contributed by atoms with Crippen LogP contribution < -0.4 is 5.32 Å². The number of benzene rings is 1. The molecule has 1 amide bonds. The number of fused-ring (bicyclic) bond motifs is 1. The van der Waals surface area contributed by atoms with Gasteiger partial charge in [0.25, 0.3) is 0 Å². The number of nitrogens with zero attached hydrogens (tertiary/aromatic N) is 3. The van der Waals surface area contributed by atoms with Gasteiger partial charge in [0.05, 0.1) is 24.0 Å². The number of carboxylic acids is 1. The maximum Gasteiger partial charge on any atom is 0.303 e. The van der Waals surface area contributed by atoms with Gasteiger partial charge in [-0.25, -0.2) is 0 Å². The molecule has 0 aliphatic rings. The first-order valence-electron chi connectivity index (χ1n) is 6.48. The van der Waals surface area contributed by atoms with Gasteiger partial charge in [0.2, 0.25) is 5.91 Å². The Kier molecular flexibility index (Phi) is 5.18. The molecule has 1 aromatic carbocycles. The quantitative estimate of drug-likeness (QED) is 0.803. The van der Waals surface area contributed by atoms with Crippen molar-refractivity contribution >= 4 is 40.3 Å². The number of carbonyl (C=O) groups excluding carboxylic acids is 1. The summed E-state index contributed by atoms with van der Waals surface area (Å²) in [5.41, 5.74) is 2.09. The van der Waals surface area contributed by atoms with E-state index in [0.29, 0.717) is 24.2 Å². The third-order valence-electron chi connectivity index (χ3n) is 2.90. The second kappa shape index (κ2) is 7.09. The number of hydrogen-bond acceptors (Lipinski definition) is 6. The summed E-state index contributed by atoms with van der Waals surface area (Å²) in [4.78, 5) is 24.2. The molecule has 1 aromatic heterocycles. The summed E-state index contributed by atoms with van der Waals surface area (Å²) >= 11 is 1.10. The van der Waals surface area contributed by atoms with E-state index >= 15 is 0 Å². The fourth-order valence-corrected chi connectivity index (χ4v) is 2.47. The Morgan fingerprint density at radius 2 is 2.19 bits per heavy atom. The average Bonchev–Trinajstić information content (AvgIpc) is 2.87. The molecule has 0 saturated carbocycles. The van der Waals surface area contributed by atoms with E-state index in [4.69, 9.17) is 5.11 Å². The zero-order chi connectivity index (χ0) is 15.2. The number of hydrogen-bond donors (Lipinski definition) is 2. The predicted molar refractivity (Wildman–Crippen MR) is 80.4 cm³/mol. The van der Waals surface area contributed by atoms with Gasteiger partial charge in [-0.2, -0.15) is 8.75 Å². The molecule has 1 heterocycles. The molecule has 0 spiro atoms. The molecule has 8 heteroatoms. The Labute approximate surface area is 125 Å². The van der Waals surface area contributed by atoms with E-state index in [1.54, 1.807) is 18.0 Å². The topological polar surface area (TPSA) is 95.4 Å². The standard InChI is InChI=1S/C13H16N4O3S/c1-17(7-3-6-12(19)20)8-11(18)14-9-4-2-5-10-13(9)16-21-15-10/h2,4-5H,3,6-8H2,1H3,(H,14,18)(H,19,20). The number of likely N-dealkylation sites (N-methyl/N-ethyl adjacent to an activating group) is 1. The third kappa shape index (κ3) is 4.47.